The first-order valence-corrected chi connectivity index (χ1v) is 7.75. The summed E-state index contributed by atoms with van der Waals surface area (Å²) in [5, 5.41) is 8.98. The van der Waals surface area contributed by atoms with Crippen LogP contribution in [0.5, 0.6) is 5.75 Å². The van der Waals surface area contributed by atoms with Crippen molar-refractivity contribution in [2.45, 2.75) is 32.6 Å². The van der Waals surface area contributed by atoms with Crippen molar-refractivity contribution in [1.29, 1.82) is 5.26 Å². The Morgan fingerprint density at radius 3 is 2.75 bits per heavy atom. The number of hydrogen-bond donors (Lipinski definition) is 1. The number of benzene rings is 1. The second-order valence-corrected chi connectivity index (χ2v) is 5.85. The molecule has 0 radical (unpaired) electrons. The number of rotatable bonds is 6. The van der Waals surface area contributed by atoms with Gasteiger partial charge in [-0.15, -0.1) is 0 Å². The molecule has 1 aliphatic heterocycles. The van der Waals surface area contributed by atoms with Crippen LogP contribution in [0.3, 0.4) is 0 Å². The van der Waals surface area contributed by atoms with Gasteiger partial charge in [0.05, 0.1) is 31.8 Å². The molecular weight excluding hydrogens is 248 g/mol. The van der Waals surface area contributed by atoms with Crippen LogP contribution in [-0.4, -0.2) is 26.2 Å². The SMILES string of the molecule is CC1CC[NH+](CCCCOc2ccccc2C#N)CC1. The predicted molar refractivity (Wildman–Crippen MR) is 79.8 cm³/mol. The molecule has 3 nitrogen and oxygen atoms in total. The summed E-state index contributed by atoms with van der Waals surface area (Å²) in [6.07, 6.45) is 5.03. The maximum Gasteiger partial charge on any atom is 0.137 e. The highest BCUT2D eigenvalue weighted by atomic mass is 16.5. The summed E-state index contributed by atoms with van der Waals surface area (Å²) in [5.74, 6) is 1.64. The second kappa shape index (κ2) is 7.91. The lowest BCUT2D eigenvalue weighted by molar-refractivity contribution is -0.906. The minimum atomic E-state index is 0.628. The van der Waals surface area contributed by atoms with Crippen LogP contribution in [0.25, 0.3) is 0 Å². The van der Waals surface area contributed by atoms with Gasteiger partial charge in [0.2, 0.25) is 0 Å². The van der Waals surface area contributed by atoms with Gasteiger partial charge in [-0.3, -0.25) is 0 Å². The summed E-state index contributed by atoms with van der Waals surface area (Å²) < 4.78 is 5.70. The van der Waals surface area contributed by atoms with E-state index in [9.17, 15) is 0 Å². The van der Waals surface area contributed by atoms with Crippen molar-refractivity contribution in [1.82, 2.24) is 0 Å². The van der Waals surface area contributed by atoms with Gasteiger partial charge in [0, 0.05) is 0 Å². The Labute approximate surface area is 122 Å². The van der Waals surface area contributed by atoms with Crippen LogP contribution in [0.4, 0.5) is 0 Å². The highest BCUT2D eigenvalue weighted by molar-refractivity contribution is 5.42. The average Bonchev–Trinajstić information content (AvgIpc) is 2.49. The minimum absolute atomic E-state index is 0.628. The number of hydrogen-bond acceptors (Lipinski definition) is 2. The Morgan fingerprint density at radius 1 is 1.25 bits per heavy atom. The maximum atomic E-state index is 8.98. The van der Waals surface area contributed by atoms with Gasteiger partial charge in [0.15, 0.2) is 0 Å². The zero-order chi connectivity index (χ0) is 14.2. The van der Waals surface area contributed by atoms with Crippen molar-refractivity contribution in [2.75, 3.05) is 26.2 Å². The number of nitrogens with one attached hydrogen (secondary N) is 1. The van der Waals surface area contributed by atoms with Crippen LogP contribution in [0, 0.1) is 17.2 Å². The Hall–Kier alpha value is -1.53. The lowest BCUT2D eigenvalue weighted by Crippen LogP contribution is -3.13. The molecule has 3 heteroatoms. The fourth-order valence-electron chi connectivity index (χ4n) is 2.76. The number of piperidine rings is 1. The molecule has 0 atom stereocenters. The number of para-hydroxylation sites is 1. The van der Waals surface area contributed by atoms with Gasteiger partial charge in [0.1, 0.15) is 11.8 Å². The first-order chi connectivity index (χ1) is 9.79. The van der Waals surface area contributed by atoms with E-state index in [0.717, 1.165) is 12.3 Å². The van der Waals surface area contributed by atoms with E-state index in [1.165, 1.54) is 38.9 Å². The summed E-state index contributed by atoms with van der Waals surface area (Å²) in [7, 11) is 0. The number of likely N-dealkylation sites (tertiary alicyclic amines) is 1. The summed E-state index contributed by atoms with van der Waals surface area (Å²) >= 11 is 0. The first-order valence-electron chi connectivity index (χ1n) is 7.75. The van der Waals surface area contributed by atoms with Crippen molar-refractivity contribution in [3.05, 3.63) is 29.8 Å². The molecule has 1 saturated heterocycles. The number of quaternary nitrogens is 1. The van der Waals surface area contributed by atoms with Gasteiger partial charge < -0.3 is 9.64 Å². The molecule has 0 amide bonds. The quantitative estimate of drug-likeness (QED) is 0.805. The predicted octanol–water partition coefficient (Wildman–Crippen LogP) is 2.03. The van der Waals surface area contributed by atoms with Crippen molar-refractivity contribution >= 4 is 0 Å². The highest BCUT2D eigenvalue weighted by Crippen LogP contribution is 2.16. The van der Waals surface area contributed by atoms with Crippen molar-refractivity contribution < 1.29 is 9.64 Å². The van der Waals surface area contributed by atoms with Gasteiger partial charge in [-0.1, -0.05) is 19.1 Å². The molecule has 1 heterocycles. The minimum Gasteiger partial charge on any atom is -0.492 e. The molecule has 1 N–H and O–H groups in total. The fraction of sp³-hybridized carbons (Fsp3) is 0.588. The maximum absolute atomic E-state index is 8.98. The fourth-order valence-corrected chi connectivity index (χ4v) is 2.76. The monoisotopic (exact) mass is 273 g/mol. The zero-order valence-electron chi connectivity index (χ0n) is 12.4. The molecule has 1 aliphatic rings. The van der Waals surface area contributed by atoms with Gasteiger partial charge in [-0.05, 0) is 43.7 Å². The summed E-state index contributed by atoms with van der Waals surface area (Å²) in [6, 6.07) is 9.61. The van der Waals surface area contributed by atoms with Crippen molar-refractivity contribution in [2.24, 2.45) is 5.92 Å². The topological polar surface area (TPSA) is 37.5 Å². The second-order valence-electron chi connectivity index (χ2n) is 5.85. The van der Waals surface area contributed by atoms with Crippen LogP contribution in [0.15, 0.2) is 24.3 Å². The summed E-state index contributed by atoms with van der Waals surface area (Å²) in [4.78, 5) is 1.75. The number of unbranched alkanes of at least 4 members (excludes halogenated alkanes) is 1. The van der Waals surface area contributed by atoms with Crippen LogP contribution in [0.1, 0.15) is 38.2 Å². The molecule has 20 heavy (non-hydrogen) atoms. The highest BCUT2D eigenvalue weighted by Gasteiger charge is 2.17. The molecule has 1 fully saturated rings. The van der Waals surface area contributed by atoms with E-state index in [1.54, 1.807) is 11.0 Å². The Kier molecular flexibility index (Phi) is 5.88. The smallest absolute Gasteiger partial charge is 0.137 e. The van der Waals surface area contributed by atoms with Crippen molar-refractivity contribution in [3.63, 3.8) is 0 Å². The van der Waals surface area contributed by atoms with E-state index in [1.807, 2.05) is 18.2 Å². The lowest BCUT2D eigenvalue weighted by Gasteiger charge is -2.27. The van der Waals surface area contributed by atoms with E-state index < -0.39 is 0 Å². The largest absolute Gasteiger partial charge is 0.492 e. The Morgan fingerprint density at radius 2 is 2.00 bits per heavy atom. The molecule has 1 aromatic rings. The normalized spacial score (nSPS) is 22.2. The lowest BCUT2D eigenvalue weighted by atomic mass is 9.99. The molecule has 0 spiro atoms. The summed E-state index contributed by atoms with van der Waals surface area (Å²) in [6.45, 7) is 6.99. The molecule has 0 aromatic heterocycles. The van der Waals surface area contributed by atoms with Crippen LogP contribution in [-0.2, 0) is 0 Å². The van der Waals surface area contributed by atoms with Gasteiger partial charge in [0.25, 0.3) is 0 Å². The molecule has 0 aliphatic carbocycles. The number of nitrogens with zero attached hydrogens (tertiary/aromatic N) is 1. The van der Waals surface area contributed by atoms with E-state index in [0.29, 0.717) is 17.9 Å². The third-order valence-electron chi connectivity index (χ3n) is 4.17. The van der Waals surface area contributed by atoms with Gasteiger partial charge in [-0.25, -0.2) is 0 Å². The van der Waals surface area contributed by atoms with Crippen LogP contribution < -0.4 is 9.64 Å². The van der Waals surface area contributed by atoms with E-state index in [2.05, 4.69) is 13.0 Å². The molecule has 0 unspecified atom stereocenters. The van der Waals surface area contributed by atoms with Gasteiger partial charge >= 0.3 is 0 Å². The van der Waals surface area contributed by atoms with Crippen LogP contribution in [0.2, 0.25) is 0 Å². The number of nitriles is 1. The third-order valence-corrected chi connectivity index (χ3v) is 4.17. The number of ether oxygens (including phenoxy) is 1. The van der Waals surface area contributed by atoms with Gasteiger partial charge in [-0.2, -0.15) is 5.26 Å². The molecule has 2 rings (SSSR count). The Balaban J connectivity index is 1.61. The molecule has 0 saturated carbocycles. The van der Waals surface area contributed by atoms with E-state index in [4.69, 9.17) is 10.00 Å². The molecule has 1 aromatic carbocycles. The zero-order valence-corrected chi connectivity index (χ0v) is 12.4. The van der Waals surface area contributed by atoms with Crippen molar-refractivity contribution in [3.8, 4) is 11.8 Å². The van der Waals surface area contributed by atoms with Crippen LogP contribution >= 0.6 is 0 Å². The Bertz CT molecular complexity index is 445. The molecule has 108 valence electrons. The third kappa shape index (κ3) is 4.54. The molecule has 0 bridgehead atoms. The standard InChI is InChI=1S/C17H24N2O/c1-15-8-11-19(12-9-15)10-4-5-13-20-17-7-3-2-6-16(17)14-18/h2-3,6-7,15H,4-5,8-13H2,1H3/p+1. The summed E-state index contributed by atoms with van der Waals surface area (Å²) in [5.41, 5.74) is 0.628. The van der Waals surface area contributed by atoms with E-state index >= 15 is 0 Å². The first kappa shape index (κ1) is 14.9. The average molecular weight is 273 g/mol. The van der Waals surface area contributed by atoms with E-state index in [-0.39, 0.29) is 0 Å². The molecular formula is C17H25N2O+.